The maximum absolute atomic E-state index is 12.6. The minimum Gasteiger partial charge on any atom is -0.481 e. The number of carbonyl (C=O) groups excluding carboxylic acids is 1. The van der Waals surface area contributed by atoms with Crippen molar-refractivity contribution in [2.24, 2.45) is 0 Å². The molecule has 0 saturated carbocycles. The van der Waals surface area contributed by atoms with E-state index >= 15 is 0 Å². The first-order valence-corrected chi connectivity index (χ1v) is 6.64. The van der Waals surface area contributed by atoms with Crippen molar-refractivity contribution in [3.05, 3.63) is 47.3 Å². The number of amides is 1. The Kier molecular flexibility index (Phi) is 3.21. The van der Waals surface area contributed by atoms with Gasteiger partial charge in [0.15, 0.2) is 0 Å². The molecular weight excluding hydrogens is 272 g/mol. The summed E-state index contributed by atoms with van der Waals surface area (Å²) in [7, 11) is 0. The molecule has 1 unspecified atom stereocenters. The molecule has 2 heterocycles. The van der Waals surface area contributed by atoms with E-state index in [0.29, 0.717) is 35.5 Å². The van der Waals surface area contributed by atoms with Gasteiger partial charge in [-0.2, -0.15) is 0 Å². The number of aryl methyl sites for hydroxylation is 1. The zero-order valence-corrected chi connectivity index (χ0v) is 11.4. The van der Waals surface area contributed by atoms with Crippen molar-refractivity contribution in [1.82, 2.24) is 5.16 Å². The molecule has 0 bridgehead atoms. The van der Waals surface area contributed by atoms with Crippen molar-refractivity contribution < 1.29 is 19.2 Å². The van der Waals surface area contributed by atoms with E-state index in [0.717, 1.165) is 0 Å². The summed E-state index contributed by atoms with van der Waals surface area (Å²) >= 11 is 0. The number of hydrogen-bond acceptors (Lipinski definition) is 4. The molecule has 1 atom stereocenters. The fraction of sp³-hybridized carbons (Fsp3) is 0.267. The number of nitrogens with zero attached hydrogens (tertiary/aromatic N) is 2. The monoisotopic (exact) mass is 286 g/mol. The Morgan fingerprint density at radius 1 is 1.38 bits per heavy atom. The molecule has 1 N–H and O–H groups in total. The number of anilines is 1. The van der Waals surface area contributed by atoms with E-state index in [9.17, 15) is 14.7 Å². The molecular formula is C15H14N2O4. The normalized spacial score (nSPS) is 17.4. The molecule has 3 rings (SSSR count). The van der Waals surface area contributed by atoms with Crippen molar-refractivity contribution in [3.63, 3.8) is 0 Å². The van der Waals surface area contributed by atoms with Crippen LogP contribution in [0.4, 0.5) is 5.69 Å². The van der Waals surface area contributed by atoms with Crippen LogP contribution in [-0.4, -0.2) is 28.7 Å². The highest BCUT2D eigenvalue weighted by Crippen LogP contribution is 2.36. The Bertz CT molecular complexity index is 707. The van der Waals surface area contributed by atoms with Gasteiger partial charge in [-0.05, 0) is 25.0 Å². The molecule has 21 heavy (non-hydrogen) atoms. The van der Waals surface area contributed by atoms with Gasteiger partial charge >= 0.3 is 5.97 Å². The minimum absolute atomic E-state index is 0.218. The number of rotatable bonds is 2. The first-order valence-electron chi connectivity index (χ1n) is 6.64. The highest BCUT2D eigenvalue weighted by Gasteiger charge is 2.33. The Balaban J connectivity index is 2.02. The van der Waals surface area contributed by atoms with Crippen LogP contribution in [0, 0.1) is 6.92 Å². The largest absolute Gasteiger partial charge is 0.481 e. The molecule has 6 nitrogen and oxygen atoms in total. The number of para-hydroxylation sites is 1. The summed E-state index contributed by atoms with van der Waals surface area (Å²) in [6.45, 7) is 2.04. The van der Waals surface area contributed by atoms with Gasteiger partial charge in [-0.25, -0.2) is 0 Å². The summed E-state index contributed by atoms with van der Waals surface area (Å²) < 4.78 is 4.93. The second-order valence-electron chi connectivity index (χ2n) is 4.99. The van der Waals surface area contributed by atoms with Crippen molar-refractivity contribution in [1.29, 1.82) is 0 Å². The minimum atomic E-state index is -0.865. The molecule has 2 aromatic rings. The van der Waals surface area contributed by atoms with Crippen LogP contribution in [0.2, 0.25) is 0 Å². The Hall–Kier alpha value is -2.63. The maximum Gasteiger partial charge on any atom is 0.311 e. The lowest BCUT2D eigenvalue weighted by molar-refractivity contribution is -0.139. The lowest BCUT2D eigenvalue weighted by Crippen LogP contribution is -2.38. The molecule has 0 saturated heterocycles. The molecule has 0 spiro atoms. The third-order valence-corrected chi connectivity index (χ3v) is 3.77. The molecule has 0 radical (unpaired) electrons. The summed E-state index contributed by atoms with van der Waals surface area (Å²) in [5.74, 6) is -1.20. The third-order valence-electron chi connectivity index (χ3n) is 3.77. The second-order valence-corrected chi connectivity index (χ2v) is 4.99. The lowest BCUT2D eigenvalue weighted by Gasteiger charge is -2.32. The van der Waals surface area contributed by atoms with Crippen molar-refractivity contribution in [3.8, 4) is 0 Å². The molecule has 1 aliphatic heterocycles. The lowest BCUT2D eigenvalue weighted by atomic mass is 9.89. The van der Waals surface area contributed by atoms with Gasteiger partial charge < -0.3 is 14.5 Å². The van der Waals surface area contributed by atoms with Gasteiger partial charge in [0, 0.05) is 12.2 Å². The summed E-state index contributed by atoms with van der Waals surface area (Å²) in [5, 5.41) is 12.9. The molecule has 1 aromatic heterocycles. The fourth-order valence-corrected chi connectivity index (χ4v) is 2.68. The number of hydrogen-bond donors (Lipinski definition) is 1. The van der Waals surface area contributed by atoms with Crippen molar-refractivity contribution >= 4 is 17.6 Å². The van der Waals surface area contributed by atoms with Crippen LogP contribution < -0.4 is 4.90 Å². The fourth-order valence-electron chi connectivity index (χ4n) is 2.68. The molecule has 1 aromatic carbocycles. The van der Waals surface area contributed by atoms with E-state index in [1.165, 1.54) is 6.20 Å². The highest BCUT2D eigenvalue weighted by molar-refractivity contribution is 6.07. The first-order chi connectivity index (χ1) is 10.1. The summed E-state index contributed by atoms with van der Waals surface area (Å²) in [6, 6.07) is 7.11. The van der Waals surface area contributed by atoms with Crippen molar-refractivity contribution in [2.45, 2.75) is 19.3 Å². The number of carbonyl (C=O) groups is 2. The molecule has 108 valence electrons. The van der Waals surface area contributed by atoms with Gasteiger partial charge in [-0.3, -0.25) is 9.59 Å². The average molecular weight is 286 g/mol. The highest BCUT2D eigenvalue weighted by atomic mass is 16.5. The molecule has 1 amide bonds. The van der Waals surface area contributed by atoms with E-state index in [4.69, 9.17) is 4.52 Å². The molecule has 1 aliphatic rings. The van der Waals surface area contributed by atoms with Crippen LogP contribution in [0.25, 0.3) is 0 Å². The predicted octanol–water partition coefficient (Wildman–Crippen LogP) is 2.20. The van der Waals surface area contributed by atoms with Crippen LogP contribution in [0.1, 0.15) is 34.0 Å². The standard InChI is InChI=1S/C15H14N2O4/c1-9-12(8-16-21-9)14(18)17-7-6-11(15(19)20)10-4-2-3-5-13(10)17/h2-5,8,11H,6-7H2,1H3,(H,19,20). The van der Waals surface area contributed by atoms with Crippen molar-refractivity contribution in [2.75, 3.05) is 11.4 Å². The van der Waals surface area contributed by atoms with Crippen LogP contribution in [0.5, 0.6) is 0 Å². The maximum atomic E-state index is 12.6. The van der Waals surface area contributed by atoms with Crippen LogP contribution in [0.15, 0.2) is 35.0 Å². The van der Waals surface area contributed by atoms with Gasteiger partial charge in [0.25, 0.3) is 5.91 Å². The van der Waals surface area contributed by atoms with Gasteiger partial charge in [-0.1, -0.05) is 23.4 Å². The number of benzene rings is 1. The van der Waals surface area contributed by atoms with E-state index in [-0.39, 0.29) is 5.91 Å². The Morgan fingerprint density at radius 2 is 2.14 bits per heavy atom. The van der Waals surface area contributed by atoms with E-state index < -0.39 is 11.9 Å². The van der Waals surface area contributed by atoms with E-state index in [1.54, 1.807) is 36.1 Å². The zero-order valence-electron chi connectivity index (χ0n) is 11.4. The topological polar surface area (TPSA) is 83.6 Å². The Labute approximate surface area is 121 Å². The third kappa shape index (κ3) is 2.18. The number of carboxylic acid groups (broad SMARTS) is 1. The number of aliphatic carboxylic acids is 1. The SMILES string of the molecule is Cc1oncc1C(=O)N1CCC(C(=O)O)c2ccccc21. The zero-order chi connectivity index (χ0) is 15.0. The number of carboxylic acids is 1. The number of fused-ring (bicyclic) bond motifs is 1. The average Bonchev–Trinajstić information content (AvgIpc) is 2.91. The Morgan fingerprint density at radius 3 is 2.81 bits per heavy atom. The van der Waals surface area contributed by atoms with Crippen LogP contribution in [-0.2, 0) is 4.79 Å². The van der Waals surface area contributed by atoms with Gasteiger partial charge in [0.1, 0.15) is 11.3 Å². The first kappa shape index (κ1) is 13.4. The van der Waals surface area contributed by atoms with E-state index in [2.05, 4.69) is 5.16 Å². The van der Waals surface area contributed by atoms with E-state index in [1.807, 2.05) is 0 Å². The molecule has 0 fully saturated rings. The summed E-state index contributed by atoms with van der Waals surface area (Å²) in [5.41, 5.74) is 1.71. The second kappa shape index (κ2) is 5.05. The van der Waals surface area contributed by atoms with Gasteiger partial charge in [0.05, 0.1) is 12.1 Å². The predicted molar refractivity (Wildman–Crippen MR) is 74.4 cm³/mol. The van der Waals surface area contributed by atoms with Gasteiger partial charge in [0.2, 0.25) is 0 Å². The smallest absolute Gasteiger partial charge is 0.311 e. The molecule has 0 aliphatic carbocycles. The van der Waals surface area contributed by atoms with Crippen LogP contribution in [0.3, 0.4) is 0 Å². The molecule has 6 heteroatoms. The number of aromatic nitrogens is 1. The summed E-state index contributed by atoms with van der Waals surface area (Å²) in [6.07, 6.45) is 1.78. The quantitative estimate of drug-likeness (QED) is 0.915. The summed E-state index contributed by atoms with van der Waals surface area (Å²) in [4.78, 5) is 25.5. The van der Waals surface area contributed by atoms with Gasteiger partial charge in [-0.15, -0.1) is 0 Å². The van der Waals surface area contributed by atoms with Crippen LogP contribution >= 0.6 is 0 Å².